The molecular weight excluding hydrogens is 314 g/mol. The number of halogens is 1. The maximum absolute atomic E-state index is 12.0. The van der Waals surface area contributed by atoms with Crippen molar-refractivity contribution < 1.29 is 4.79 Å². The Bertz CT molecular complexity index is 827. The van der Waals surface area contributed by atoms with E-state index >= 15 is 0 Å². The number of hydrogen-bond acceptors (Lipinski definition) is 4. The largest absolute Gasteiger partial charge is 0.289 e. The third-order valence-electron chi connectivity index (χ3n) is 3.03. The Kier molecular flexibility index (Phi) is 4.44. The standard InChI is InChI=1S/C16H12ClN5O/c17-13-5-3-12(4-6-13)14-8-15(21-20-14)16(23)22-19-10-11-2-1-7-18-9-11/h1-10H,(H,20,21)(H,22,23). The first-order valence-corrected chi connectivity index (χ1v) is 7.15. The molecule has 0 spiro atoms. The predicted molar refractivity (Wildman–Crippen MR) is 88.3 cm³/mol. The molecule has 1 amide bonds. The molecule has 0 radical (unpaired) electrons. The van der Waals surface area contributed by atoms with Gasteiger partial charge in [0.25, 0.3) is 5.91 Å². The Balaban J connectivity index is 1.67. The molecule has 2 N–H and O–H groups in total. The molecule has 7 heteroatoms. The number of aromatic nitrogens is 3. The molecule has 0 atom stereocenters. The summed E-state index contributed by atoms with van der Waals surface area (Å²) in [5.74, 6) is -0.377. The van der Waals surface area contributed by atoms with Gasteiger partial charge in [-0.15, -0.1) is 0 Å². The number of carbonyl (C=O) groups is 1. The van der Waals surface area contributed by atoms with Gasteiger partial charge in [-0.25, -0.2) is 5.43 Å². The van der Waals surface area contributed by atoms with Crippen LogP contribution in [0.1, 0.15) is 16.1 Å². The van der Waals surface area contributed by atoms with Crippen LogP contribution in [0.2, 0.25) is 5.02 Å². The molecule has 0 fully saturated rings. The van der Waals surface area contributed by atoms with Gasteiger partial charge in [-0.1, -0.05) is 29.8 Å². The van der Waals surface area contributed by atoms with Gasteiger partial charge in [0, 0.05) is 28.5 Å². The lowest BCUT2D eigenvalue weighted by Crippen LogP contribution is -2.18. The molecule has 114 valence electrons. The number of amides is 1. The molecule has 3 rings (SSSR count). The van der Waals surface area contributed by atoms with Crippen LogP contribution < -0.4 is 5.43 Å². The number of nitrogens with zero attached hydrogens (tertiary/aromatic N) is 3. The Morgan fingerprint density at radius 3 is 2.83 bits per heavy atom. The number of hydrogen-bond donors (Lipinski definition) is 2. The summed E-state index contributed by atoms with van der Waals surface area (Å²) >= 11 is 5.85. The number of H-pyrrole nitrogens is 1. The van der Waals surface area contributed by atoms with Crippen LogP contribution in [0.15, 0.2) is 60.0 Å². The topological polar surface area (TPSA) is 83.0 Å². The van der Waals surface area contributed by atoms with Crippen molar-refractivity contribution in [3.8, 4) is 11.3 Å². The normalized spacial score (nSPS) is 10.8. The molecule has 0 saturated heterocycles. The molecule has 23 heavy (non-hydrogen) atoms. The fourth-order valence-corrected chi connectivity index (χ4v) is 2.01. The summed E-state index contributed by atoms with van der Waals surface area (Å²) in [6, 6.07) is 12.5. The predicted octanol–water partition coefficient (Wildman–Crippen LogP) is 2.89. The van der Waals surface area contributed by atoms with Crippen molar-refractivity contribution in [1.29, 1.82) is 0 Å². The molecule has 0 bridgehead atoms. The Labute approximate surface area is 137 Å². The number of nitrogens with one attached hydrogen (secondary N) is 2. The summed E-state index contributed by atoms with van der Waals surface area (Å²) < 4.78 is 0. The van der Waals surface area contributed by atoms with Crippen molar-refractivity contribution >= 4 is 23.7 Å². The average molecular weight is 326 g/mol. The minimum absolute atomic E-state index is 0.318. The van der Waals surface area contributed by atoms with Gasteiger partial charge in [-0.3, -0.25) is 14.9 Å². The van der Waals surface area contributed by atoms with E-state index in [1.54, 1.807) is 36.7 Å². The van der Waals surface area contributed by atoms with Gasteiger partial charge >= 0.3 is 0 Å². The monoisotopic (exact) mass is 325 g/mol. The van der Waals surface area contributed by atoms with Crippen molar-refractivity contribution in [3.63, 3.8) is 0 Å². The molecular formula is C16H12ClN5O. The lowest BCUT2D eigenvalue weighted by molar-refractivity contribution is 0.0950. The second-order valence-electron chi connectivity index (χ2n) is 4.66. The van der Waals surface area contributed by atoms with Crippen molar-refractivity contribution in [1.82, 2.24) is 20.6 Å². The smallest absolute Gasteiger partial charge is 0.272 e. The lowest BCUT2D eigenvalue weighted by atomic mass is 10.1. The van der Waals surface area contributed by atoms with E-state index in [4.69, 9.17) is 11.6 Å². The molecule has 6 nitrogen and oxygen atoms in total. The van der Waals surface area contributed by atoms with Crippen LogP contribution in [0.3, 0.4) is 0 Å². The van der Waals surface area contributed by atoms with Crippen LogP contribution >= 0.6 is 11.6 Å². The van der Waals surface area contributed by atoms with Crippen molar-refractivity contribution in [2.45, 2.75) is 0 Å². The lowest BCUT2D eigenvalue weighted by Gasteiger charge is -1.96. The van der Waals surface area contributed by atoms with E-state index in [1.165, 1.54) is 6.21 Å². The quantitative estimate of drug-likeness (QED) is 0.571. The highest BCUT2D eigenvalue weighted by Gasteiger charge is 2.10. The summed E-state index contributed by atoms with van der Waals surface area (Å²) in [6.45, 7) is 0. The number of aromatic amines is 1. The second kappa shape index (κ2) is 6.85. The van der Waals surface area contributed by atoms with E-state index in [-0.39, 0.29) is 5.91 Å². The van der Waals surface area contributed by atoms with E-state index in [1.807, 2.05) is 18.2 Å². The Morgan fingerprint density at radius 2 is 2.09 bits per heavy atom. The fourth-order valence-electron chi connectivity index (χ4n) is 1.88. The van der Waals surface area contributed by atoms with Crippen molar-refractivity contribution in [2.24, 2.45) is 5.10 Å². The first kappa shape index (κ1) is 14.9. The van der Waals surface area contributed by atoms with Gasteiger partial charge in [0.2, 0.25) is 0 Å². The number of rotatable bonds is 4. The molecule has 0 aliphatic rings. The van der Waals surface area contributed by atoms with Crippen LogP contribution in [-0.4, -0.2) is 27.3 Å². The highest BCUT2D eigenvalue weighted by atomic mass is 35.5. The van der Waals surface area contributed by atoms with E-state index in [2.05, 4.69) is 25.7 Å². The maximum Gasteiger partial charge on any atom is 0.289 e. The molecule has 0 aliphatic heterocycles. The summed E-state index contributed by atoms with van der Waals surface area (Å²) in [7, 11) is 0. The summed E-state index contributed by atoms with van der Waals surface area (Å²) in [6.07, 6.45) is 4.82. The van der Waals surface area contributed by atoms with Crippen LogP contribution in [-0.2, 0) is 0 Å². The zero-order valence-electron chi connectivity index (χ0n) is 11.9. The Morgan fingerprint density at radius 1 is 1.26 bits per heavy atom. The molecule has 0 aliphatic carbocycles. The highest BCUT2D eigenvalue weighted by molar-refractivity contribution is 6.30. The third-order valence-corrected chi connectivity index (χ3v) is 3.28. The molecule has 2 aromatic heterocycles. The van der Waals surface area contributed by atoms with E-state index in [0.717, 1.165) is 11.1 Å². The van der Waals surface area contributed by atoms with Gasteiger partial charge in [0.15, 0.2) is 0 Å². The maximum atomic E-state index is 12.0. The van der Waals surface area contributed by atoms with Gasteiger partial charge in [0.1, 0.15) is 5.69 Å². The van der Waals surface area contributed by atoms with Gasteiger partial charge in [-0.2, -0.15) is 10.2 Å². The summed E-state index contributed by atoms with van der Waals surface area (Å²) in [5, 5.41) is 11.3. The number of benzene rings is 1. The fraction of sp³-hybridized carbons (Fsp3) is 0. The Hall–Kier alpha value is -2.99. The minimum atomic E-state index is -0.377. The zero-order valence-corrected chi connectivity index (χ0v) is 12.7. The molecule has 0 saturated carbocycles. The highest BCUT2D eigenvalue weighted by Crippen LogP contribution is 2.20. The zero-order chi connectivity index (χ0) is 16.1. The van der Waals surface area contributed by atoms with Gasteiger partial charge in [-0.05, 0) is 24.3 Å². The minimum Gasteiger partial charge on any atom is -0.272 e. The third kappa shape index (κ3) is 3.81. The SMILES string of the molecule is O=C(NN=Cc1cccnc1)c1cc(-c2ccc(Cl)cc2)n[nH]1. The first-order chi connectivity index (χ1) is 11.2. The number of pyridine rings is 1. The number of hydrazone groups is 1. The van der Waals surface area contributed by atoms with Crippen molar-refractivity contribution in [3.05, 3.63) is 71.1 Å². The van der Waals surface area contributed by atoms with Crippen LogP contribution in [0, 0.1) is 0 Å². The molecule has 1 aromatic carbocycles. The summed E-state index contributed by atoms with van der Waals surface area (Å²) in [5.41, 5.74) is 5.06. The molecule has 0 unspecified atom stereocenters. The van der Waals surface area contributed by atoms with Crippen LogP contribution in [0.4, 0.5) is 0 Å². The van der Waals surface area contributed by atoms with Gasteiger partial charge < -0.3 is 0 Å². The molecule has 2 heterocycles. The van der Waals surface area contributed by atoms with Crippen LogP contribution in [0.25, 0.3) is 11.3 Å². The second-order valence-corrected chi connectivity index (χ2v) is 5.10. The van der Waals surface area contributed by atoms with Crippen LogP contribution in [0.5, 0.6) is 0 Å². The molecule has 3 aromatic rings. The summed E-state index contributed by atoms with van der Waals surface area (Å²) in [4.78, 5) is 16.0. The van der Waals surface area contributed by atoms with Gasteiger partial charge in [0.05, 0.1) is 11.9 Å². The van der Waals surface area contributed by atoms with E-state index < -0.39 is 0 Å². The average Bonchev–Trinajstić information content (AvgIpc) is 3.06. The first-order valence-electron chi connectivity index (χ1n) is 6.77. The van der Waals surface area contributed by atoms with E-state index in [0.29, 0.717) is 16.4 Å². The van der Waals surface area contributed by atoms with E-state index in [9.17, 15) is 4.79 Å². The number of carbonyl (C=O) groups excluding carboxylic acids is 1. The van der Waals surface area contributed by atoms with Crippen molar-refractivity contribution in [2.75, 3.05) is 0 Å².